The molecule has 0 bridgehead atoms. The van der Waals surface area contributed by atoms with Crippen LogP contribution in [0.2, 0.25) is 5.02 Å². The number of amides is 1. The molecule has 1 heterocycles. The lowest BCUT2D eigenvalue weighted by Crippen LogP contribution is -2.14. The first kappa shape index (κ1) is 12.6. The molecule has 1 aromatic carbocycles. The Bertz CT molecular complexity index is 579. The first-order valence-corrected chi connectivity index (χ1v) is 5.94. The fourth-order valence-electron chi connectivity index (χ4n) is 1.56. The molecule has 92 valence electrons. The van der Waals surface area contributed by atoms with Crippen LogP contribution >= 0.6 is 11.6 Å². The van der Waals surface area contributed by atoms with Gasteiger partial charge in [-0.05, 0) is 43.2 Å². The lowest BCUT2D eigenvalue weighted by atomic mass is 10.1. The van der Waals surface area contributed by atoms with Crippen molar-refractivity contribution in [1.29, 1.82) is 0 Å². The maximum Gasteiger partial charge on any atom is 0.257 e. The minimum absolute atomic E-state index is 0.202. The summed E-state index contributed by atoms with van der Waals surface area (Å²) in [5.74, 6) is 0.330. The standard InChI is InChI=1S/C14H13ClN2O/c1-9-3-6-13(16-8-9)17-14(18)12-7-11(15)5-4-10(12)2/h3-8H,1-2H3,(H,16,17,18). The average molecular weight is 261 g/mol. The number of carbonyl (C=O) groups excluding carboxylic acids is 1. The van der Waals surface area contributed by atoms with Gasteiger partial charge in [0.05, 0.1) is 0 Å². The Hall–Kier alpha value is -1.87. The van der Waals surface area contributed by atoms with Gasteiger partial charge >= 0.3 is 0 Å². The molecular weight excluding hydrogens is 248 g/mol. The molecule has 0 radical (unpaired) electrons. The molecule has 0 saturated heterocycles. The Labute approximate surface area is 111 Å². The third-order valence-corrected chi connectivity index (χ3v) is 2.83. The average Bonchev–Trinajstić information content (AvgIpc) is 2.35. The van der Waals surface area contributed by atoms with E-state index in [0.717, 1.165) is 11.1 Å². The smallest absolute Gasteiger partial charge is 0.257 e. The number of nitrogens with one attached hydrogen (secondary N) is 1. The molecule has 1 N–H and O–H groups in total. The molecule has 0 aliphatic carbocycles. The summed E-state index contributed by atoms with van der Waals surface area (Å²) in [5, 5.41) is 3.29. The molecule has 0 fully saturated rings. The van der Waals surface area contributed by atoms with Gasteiger partial charge in [0.25, 0.3) is 5.91 Å². The summed E-state index contributed by atoms with van der Waals surface area (Å²) in [6, 6.07) is 8.90. The third-order valence-electron chi connectivity index (χ3n) is 2.60. The third kappa shape index (κ3) is 2.87. The van der Waals surface area contributed by atoms with Crippen LogP contribution in [0.4, 0.5) is 5.82 Å². The van der Waals surface area contributed by atoms with Gasteiger partial charge in [-0.2, -0.15) is 0 Å². The van der Waals surface area contributed by atoms with Crippen molar-refractivity contribution in [2.75, 3.05) is 5.32 Å². The summed E-state index contributed by atoms with van der Waals surface area (Å²) < 4.78 is 0. The number of anilines is 1. The second-order valence-electron chi connectivity index (χ2n) is 4.13. The molecule has 0 aliphatic heterocycles. The maximum absolute atomic E-state index is 12.1. The van der Waals surface area contributed by atoms with Crippen LogP contribution in [-0.2, 0) is 0 Å². The molecule has 2 aromatic rings. The fraction of sp³-hybridized carbons (Fsp3) is 0.143. The Morgan fingerprint density at radius 1 is 1.22 bits per heavy atom. The van der Waals surface area contributed by atoms with E-state index in [0.29, 0.717) is 16.4 Å². The van der Waals surface area contributed by atoms with E-state index in [4.69, 9.17) is 11.6 Å². The molecule has 0 spiro atoms. The number of carbonyl (C=O) groups is 1. The number of hydrogen-bond donors (Lipinski definition) is 1. The summed E-state index contributed by atoms with van der Waals surface area (Å²) >= 11 is 5.89. The highest BCUT2D eigenvalue weighted by Crippen LogP contribution is 2.16. The van der Waals surface area contributed by atoms with Crippen LogP contribution in [0.25, 0.3) is 0 Å². The number of aryl methyl sites for hydroxylation is 2. The lowest BCUT2D eigenvalue weighted by Gasteiger charge is -2.07. The second kappa shape index (κ2) is 5.19. The lowest BCUT2D eigenvalue weighted by molar-refractivity contribution is 0.102. The van der Waals surface area contributed by atoms with Crippen LogP contribution in [0.1, 0.15) is 21.5 Å². The predicted molar refractivity (Wildman–Crippen MR) is 73.1 cm³/mol. The van der Waals surface area contributed by atoms with Gasteiger partial charge in [0.15, 0.2) is 0 Å². The Balaban J connectivity index is 2.21. The minimum atomic E-state index is -0.202. The highest BCUT2D eigenvalue weighted by molar-refractivity contribution is 6.31. The molecule has 0 saturated carbocycles. The highest BCUT2D eigenvalue weighted by Gasteiger charge is 2.10. The van der Waals surface area contributed by atoms with E-state index < -0.39 is 0 Å². The van der Waals surface area contributed by atoms with Gasteiger partial charge in [0, 0.05) is 16.8 Å². The number of hydrogen-bond acceptors (Lipinski definition) is 2. The molecule has 0 atom stereocenters. The highest BCUT2D eigenvalue weighted by atomic mass is 35.5. The normalized spacial score (nSPS) is 10.2. The van der Waals surface area contributed by atoms with Gasteiger partial charge in [0.1, 0.15) is 5.82 Å². The molecule has 3 nitrogen and oxygen atoms in total. The minimum Gasteiger partial charge on any atom is -0.307 e. The van der Waals surface area contributed by atoms with E-state index in [1.54, 1.807) is 24.4 Å². The van der Waals surface area contributed by atoms with E-state index >= 15 is 0 Å². The SMILES string of the molecule is Cc1ccc(NC(=O)c2cc(Cl)ccc2C)nc1. The largest absolute Gasteiger partial charge is 0.307 e. The first-order valence-electron chi connectivity index (χ1n) is 5.56. The molecule has 4 heteroatoms. The zero-order chi connectivity index (χ0) is 13.1. The van der Waals surface area contributed by atoms with Crippen LogP contribution in [0.15, 0.2) is 36.5 Å². The number of halogens is 1. The molecule has 18 heavy (non-hydrogen) atoms. The number of benzene rings is 1. The van der Waals surface area contributed by atoms with E-state index in [2.05, 4.69) is 10.3 Å². The van der Waals surface area contributed by atoms with Crippen LogP contribution in [0, 0.1) is 13.8 Å². The summed E-state index contributed by atoms with van der Waals surface area (Å²) in [7, 11) is 0. The van der Waals surface area contributed by atoms with E-state index in [1.165, 1.54) is 0 Å². The van der Waals surface area contributed by atoms with Crippen LogP contribution in [-0.4, -0.2) is 10.9 Å². The van der Waals surface area contributed by atoms with E-state index in [1.807, 2.05) is 26.0 Å². The van der Waals surface area contributed by atoms with Crippen molar-refractivity contribution >= 4 is 23.3 Å². The van der Waals surface area contributed by atoms with Crippen molar-refractivity contribution in [3.05, 3.63) is 58.2 Å². The number of aromatic nitrogens is 1. The number of pyridine rings is 1. The number of nitrogens with zero attached hydrogens (tertiary/aromatic N) is 1. The van der Waals surface area contributed by atoms with Gasteiger partial charge in [0.2, 0.25) is 0 Å². The van der Waals surface area contributed by atoms with Crippen molar-refractivity contribution in [2.24, 2.45) is 0 Å². The Morgan fingerprint density at radius 3 is 2.67 bits per heavy atom. The predicted octanol–water partition coefficient (Wildman–Crippen LogP) is 3.60. The van der Waals surface area contributed by atoms with Crippen LogP contribution in [0.3, 0.4) is 0 Å². The van der Waals surface area contributed by atoms with Crippen molar-refractivity contribution in [2.45, 2.75) is 13.8 Å². The fourth-order valence-corrected chi connectivity index (χ4v) is 1.74. The number of rotatable bonds is 2. The maximum atomic E-state index is 12.1. The van der Waals surface area contributed by atoms with Gasteiger partial charge in [-0.1, -0.05) is 23.7 Å². The Morgan fingerprint density at radius 2 is 2.00 bits per heavy atom. The monoisotopic (exact) mass is 260 g/mol. The summed E-state index contributed by atoms with van der Waals surface area (Å²) in [6.45, 7) is 3.81. The van der Waals surface area contributed by atoms with Crippen molar-refractivity contribution in [3.8, 4) is 0 Å². The first-order chi connectivity index (χ1) is 8.56. The van der Waals surface area contributed by atoms with Gasteiger partial charge < -0.3 is 5.32 Å². The topological polar surface area (TPSA) is 42.0 Å². The van der Waals surface area contributed by atoms with Crippen molar-refractivity contribution < 1.29 is 4.79 Å². The van der Waals surface area contributed by atoms with E-state index in [9.17, 15) is 4.79 Å². The van der Waals surface area contributed by atoms with Gasteiger partial charge in [-0.25, -0.2) is 4.98 Å². The van der Waals surface area contributed by atoms with Gasteiger partial charge in [-0.15, -0.1) is 0 Å². The molecule has 0 unspecified atom stereocenters. The summed E-state index contributed by atoms with van der Waals surface area (Å²) in [6.07, 6.45) is 1.71. The summed E-state index contributed by atoms with van der Waals surface area (Å²) in [4.78, 5) is 16.2. The van der Waals surface area contributed by atoms with E-state index in [-0.39, 0.29) is 5.91 Å². The summed E-state index contributed by atoms with van der Waals surface area (Å²) in [5.41, 5.74) is 2.49. The molecule has 1 aromatic heterocycles. The van der Waals surface area contributed by atoms with Crippen molar-refractivity contribution in [3.63, 3.8) is 0 Å². The molecule has 2 rings (SSSR count). The molecule has 0 aliphatic rings. The molecule has 1 amide bonds. The van der Waals surface area contributed by atoms with Crippen LogP contribution < -0.4 is 5.32 Å². The molecular formula is C14H13ClN2O. The second-order valence-corrected chi connectivity index (χ2v) is 4.57. The van der Waals surface area contributed by atoms with Gasteiger partial charge in [-0.3, -0.25) is 4.79 Å². The van der Waals surface area contributed by atoms with Crippen molar-refractivity contribution in [1.82, 2.24) is 4.98 Å². The Kier molecular flexibility index (Phi) is 3.63. The zero-order valence-corrected chi connectivity index (χ0v) is 11.0. The zero-order valence-electron chi connectivity index (χ0n) is 10.2. The van der Waals surface area contributed by atoms with Crippen LogP contribution in [0.5, 0.6) is 0 Å². The quantitative estimate of drug-likeness (QED) is 0.896.